The van der Waals surface area contributed by atoms with Crippen molar-refractivity contribution >= 4 is 16.8 Å². The van der Waals surface area contributed by atoms with Crippen LogP contribution in [-0.4, -0.2) is 40.5 Å². The van der Waals surface area contributed by atoms with Gasteiger partial charge in [0.25, 0.3) is 0 Å². The number of piperidine rings is 2. The molecule has 2 aliphatic heterocycles. The van der Waals surface area contributed by atoms with Gasteiger partial charge in [-0.3, -0.25) is 4.79 Å². The standard InChI is InChI=1S/C20H27N3O/c1-22-16-7-5-8-17(22)12-15(11-16)21-20(24)13-18-10-14-6-3-4-9-19(14)23(18)2/h3-4,6,9-10,15-17H,5,7-8,11-13H2,1-2H3,(H,21,24). The summed E-state index contributed by atoms with van der Waals surface area (Å²) in [5.74, 6) is 0.161. The average molecular weight is 325 g/mol. The van der Waals surface area contributed by atoms with E-state index in [0.29, 0.717) is 24.5 Å². The maximum absolute atomic E-state index is 12.6. The van der Waals surface area contributed by atoms with E-state index in [1.807, 2.05) is 19.2 Å². The topological polar surface area (TPSA) is 37.3 Å². The van der Waals surface area contributed by atoms with Gasteiger partial charge in [-0.1, -0.05) is 24.6 Å². The molecule has 2 bridgehead atoms. The highest BCUT2D eigenvalue weighted by atomic mass is 16.1. The van der Waals surface area contributed by atoms with Gasteiger partial charge in [-0.25, -0.2) is 0 Å². The van der Waals surface area contributed by atoms with Crippen molar-refractivity contribution in [1.29, 1.82) is 0 Å². The van der Waals surface area contributed by atoms with Crippen molar-refractivity contribution in [3.05, 3.63) is 36.0 Å². The number of hydrogen-bond donors (Lipinski definition) is 1. The molecule has 2 saturated heterocycles. The number of nitrogens with one attached hydrogen (secondary N) is 1. The van der Waals surface area contributed by atoms with Crippen LogP contribution in [0.5, 0.6) is 0 Å². The predicted octanol–water partition coefficient (Wildman–Crippen LogP) is 2.85. The first-order valence-electron chi connectivity index (χ1n) is 9.16. The van der Waals surface area contributed by atoms with Crippen LogP contribution >= 0.6 is 0 Å². The van der Waals surface area contributed by atoms with Gasteiger partial charge in [-0.05, 0) is 50.2 Å². The molecule has 24 heavy (non-hydrogen) atoms. The number of aromatic nitrogens is 1. The van der Waals surface area contributed by atoms with E-state index in [4.69, 9.17) is 0 Å². The summed E-state index contributed by atoms with van der Waals surface area (Å²) in [6.45, 7) is 0. The van der Waals surface area contributed by atoms with Gasteiger partial charge in [0.15, 0.2) is 0 Å². The Morgan fingerprint density at radius 1 is 1.17 bits per heavy atom. The fraction of sp³-hybridized carbons (Fsp3) is 0.550. The minimum absolute atomic E-state index is 0.161. The lowest BCUT2D eigenvalue weighted by Crippen LogP contribution is -2.55. The average Bonchev–Trinajstić information content (AvgIpc) is 2.85. The Kier molecular flexibility index (Phi) is 4.09. The number of para-hydroxylation sites is 1. The predicted molar refractivity (Wildman–Crippen MR) is 97.0 cm³/mol. The molecule has 4 heteroatoms. The van der Waals surface area contributed by atoms with Gasteiger partial charge in [-0.2, -0.15) is 0 Å². The molecular formula is C20H27N3O. The molecule has 4 nitrogen and oxygen atoms in total. The summed E-state index contributed by atoms with van der Waals surface area (Å²) in [6, 6.07) is 12.1. The molecule has 2 aliphatic rings. The number of nitrogens with zero attached hydrogens (tertiary/aromatic N) is 2. The molecule has 2 unspecified atom stereocenters. The van der Waals surface area contributed by atoms with Gasteiger partial charge in [0.2, 0.25) is 5.91 Å². The van der Waals surface area contributed by atoms with Gasteiger partial charge in [0.05, 0.1) is 6.42 Å². The lowest BCUT2D eigenvalue weighted by atomic mass is 9.82. The monoisotopic (exact) mass is 325 g/mol. The molecule has 2 fully saturated rings. The fourth-order valence-electron chi connectivity index (χ4n) is 4.69. The Balaban J connectivity index is 1.42. The Bertz CT molecular complexity index is 736. The Morgan fingerprint density at radius 2 is 1.88 bits per heavy atom. The van der Waals surface area contributed by atoms with Gasteiger partial charge >= 0.3 is 0 Å². The molecule has 0 spiro atoms. The van der Waals surface area contributed by atoms with E-state index >= 15 is 0 Å². The summed E-state index contributed by atoms with van der Waals surface area (Å²) < 4.78 is 2.14. The molecule has 3 heterocycles. The van der Waals surface area contributed by atoms with E-state index < -0.39 is 0 Å². The second-order valence-corrected chi connectivity index (χ2v) is 7.57. The molecule has 128 valence electrons. The Morgan fingerprint density at radius 3 is 2.58 bits per heavy atom. The number of benzene rings is 1. The summed E-state index contributed by atoms with van der Waals surface area (Å²) in [4.78, 5) is 15.1. The molecule has 1 aromatic heterocycles. The van der Waals surface area contributed by atoms with Crippen molar-refractivity contribution in [3.63, 3.8) is 0 Å². The Hall–Kier alpha value is -1.81. The molecule has 4 rings (SSSR count). The van der Waals surface area contributed by atoms with Crippen LogP contribution in [-0.2, 0) is 18.3 Å². The summed E-state index contributed by atoms with van der Waals surface area (Å²) in [5.41, 5.74) is 2.27. The van der Waals surface area contributed by atoms with Gasteiger partial charge in [0, 0.05) is 36.4 Å². The van der Waals surface area contributed by atoms with E-state index in [1.54, 1.807) is 0 Å². The highest BCUT2D eigenvalue weighted by Gasteiger charge is 2.36. The van der Waals surface area contributed by atoms with Crippen LogP contribution in [0.25, 0.3) is 10.9 Å². The summed E-state index contributed by atoms with van der Waals surface area (Å²) in [7, 11) is 4.30. The van der Waals surface area contributed by atoms with Crippen LogP contribution in [0.3, 0.4) is 0 Å². The molecule has 1 amide bonds. The van der Waals surface area contributed by atoms with Gasteiger partial charge in [0.1, 0.15) is 0 Å². The van der Waals surface area contributed by atoms with Crippen LogP contribution in [0.2, 0.25) is 0 Å². The zero-order chi connectivity index (χ0) is 16.7. The van der Waals surface area contributed by atoms with Crippen molar-refractivity contribution in [3.8, 4) is 0 Å². The first-order chi connectivity index (χ1) is 11.6. The molecular weight excluding hydrogens is 298 g/mol. The fourth-order valence-corrected chi connectivity index (χ4v) is 4.69. The zero-order valence-corrected chi connectivity index (χ0v) is 14.7. The number of carbonyl (C=O) groups excluding carboxylic acids is 1. The molecule has 0 aliphatic carbocycles. The second-order valence-electron chi connectivity index (χ2n) is 7.57. The van der Waals surface area contributed by atoms with Crippen LogP contribution in [0.4, 0.5) is 0 Å². The molecule has 0 saturated carbocycles. The second kappa shape index (κ2) is 6.25. The van der Waals surface area contributed by atoms with Crippen molar-refractivity contribution in [1.82, 2.24) is 14.8 Å². The van der Waals surface area contributed by atoms with E-state index in [9.17, 15) is 4.79 Å². The molecule has 1 N–H and O–H groups in total. The van der Waals surface area contributed by atoms with E-state index in [1.165, 1.54) is 30.2 Å². The highest BCUT2D eigenvalue weighted by molar-refractivity contribution is 5.84. The summed E-state index contributed by atoms with van der Waals surface area (Å²) in [5, 5.41) is 4.51. The number of fused-ring (bicyclic) bond motifs is 3. The minimum atomic E-state index is 0.161. The maximum Gasteiger partial charge on any atom is 0.226 e. The SMILES string of the molecule is CN1C2CCCC1CC(NC(=O)Cc1cc3ccccc3n1C)C2. The molecule has 0 radical (unpaired) electrons. The summed E-state index contributed by atoms with van der Waals surface area (Å²) in [6.07, 6.45) is 6.58. The van der Waals surface area contributed by atoms with E-state index in [-0.39, 0.29) is 5.91 Å². The number of rotatable bonds is 3. The first kappa shape index (κ1) is 15.7. The first-order valence-corrected chi connectivity index (χ1v) is 9.16. The normalized spacial score (nSPS) is 27.3. The number of hydrogen-bond acceptors (Lipinski definition) is 2. The third kappa shape index (κ3) is 2.84. The van der Waals surface area contributed by atoms with E-state index in [0.717, 1.165) is 18.5 Å². The van der Waals surface area contributed by atoms with Crippen molar-refractivity contribution < 1.29 is 4.79 Å². The molecule has 1 aromatic carbocycles. The summed E-state index contributed by atoms with van der Waals surface area (Å²) >= 11 is 0. The maximum atomic E-state index is 12.6. The van der Waals surface area contributed by atoms with Crippen LogP contribution < -0.4 is 5.32 Å². The largest absolute Gasteiger partial charge is 0.353 e. The minimum Gasteiger partial charge on any atom is -0.353 e. The third-order valence-electron chi connectivity index (χ3n) is 6.10. The van der Waals surface area contributed by atoms with Crippen LogP contribution in [0.1, 0.15) is 37.8 Å². The van der Waals surface area contributed by atoms with Crippen molar-refractivity contribution in [2.75, 3.05) is 7.05 Å². The van der Waals surface area contributed by atoms with Crippen LogP contribution in [0.15, 0.2) is 30.3 Å². The lowest BCUT2D eigenvalue weighted by molar-refractivity contribution is -0.122. The molecule has 2 aromatic rings. The zero-order valence-electron chi connectivity index (χ0n) is 14.7. The van der Waals surface area contributed by atoms with E-state index in [2.05, 4.69) is 40.0 Å². The number of carbonyl (C=O) groups is 1. The Labute approximate surface area is 143 Å². The quantitative estimate of drug-likeness (QED) is 0.942. The number of amides is 1. The van der Waals surface area contributed by atoms with Gasteiger partial charge < -0.3 is 14.8 Å². The van der Waals surface area contributed by atoms with Crippen LogP contribution in [0, 0.1) is 0 Å². The molecule has 2 atom stereocenters. The number of aryl methyl sites for hydroxylation is 1. The lowest BCUT2D eigenvalue weighted by Gasteiger charge is -2.47. The van der Waals surface area contributed by atoms with Crippen molar-refractivity contribution in [2.24, 2.45) is 7.05 Å². The third-order valence-corrected chi connectivity index (χ3v) is 6.10. The smallest absolute Gasteiger partial charge is 0.226 e. The van der Waals surface area contributed by atoms with Crippen molar-refractivity contribution in [2.45, 2.75) is 56.7 Å². The highest BCUT2D eigenvalue weighted by Crippen LogP contribution is 2.32. The van der Waals surface area contributed by atoms with Gasteiger partial charge in [-0.15, -0.1) is 0 Å².